The smallest absolute Gasteiger partial charge is 0.123 e. The molecule has 0 aromatic heterocycles. The molecule has 110 valence electrons. The molecule has 1 aliphatic heterocycles. The van der Waals surface area contributed by atoms with Crippen molar-refractivity contribution in [3.63, 3.8) is 0 Å². The molecular formula is C17H17FO2S. The number of methoxy groups -OCH3 is 1. The zero-order chi connectivity index (χ0) is 15.0. The van der Waals surface area contributed by atoms with Crippen LogP contribution in [0.2, 0.25) is 0 Å². The first-order valence-electron chi connectivity index (χ1n) is 6.79. The number of aliphatic hydroxyl groups excluding tert-OH is 1. The molecule has 0 saturated heterocycles. The highest BCUT2D eigenvalue weighted by Crippen LogP contribution is 2.49. The van der Waals surface area contributed by atoms with Gasteiger partial charge < -0.3 is 9.84 Å². The summed E-state index contributed by atoms with van der Waals surface area (Å²) in [7, 11) is 1.63. The van der Waals surface area contributed by atoms with E-state index >= 15 is 0 Å². The Balaban J connectivity index is 2.01. The van der Waals surface area contributed by atoms with E-state index < -0.39 is 11.5 Å². The highest BCUT2D eigenvalue weighted by atomic mass is 32.2. The fraction of sp³-hybridized carbons (Fsp3) is 0.294. The Labute approximate surface area is 128 Å². The van der Waals surface area contributed by atoms with Gasteiger partial charge in [-0.25, -0.2) is 4.39 Å². The van der Waals surface area contributed by atoms with Crippen molar-refractivity contribution in [1.82, 2.24) is 0 Å². The second-order valence-electron chi connectivity index (χ2n) is 5.52. The van der Waals surface area contributed by atoms with Gasteiger partial charge in [-0.2, -0.15) is 0 Å². The molecule has 1 heterocycles. The largest absolute Gasteiger partial charge is 0.497 e. The van der Waals surface area contributed by atoms with Crippen molar-refractivity contribution < 1.29 is 14.2 Å². The normalized spacial score (nSPS) is 24.5. The minimum atomic E-state index is -0.620. The van der Waals surface area contributed by atoms with Crippen molar-refractivity contribution in [3.8, 4) is 5.75 Å². The summed E-state index contributed by atoms with van der Waals surface area (Å²) in [6, 6.07) is 12.1. The molecule has 1 N–H and O–H groups in total. The van der Waals surface area contributed by atoms with Crippen LogP contribution in [0.3, 0.4) is 0 Å². The Morgan fingerprint density at radius 2 is 1.95 bits per heavy atom. The van der Waals surface area contributed by atoms with Gasteiger partial charge in [0.05, 0.1) is 13.2 Å². The number of hydrogen-bond acceptors (Lipinski definition) is 3. The fourth-order valence-electron chi connectivity index (χ4n) is 2.71. The van der Waals surface area contributed by atoms with E-state index in [1.807, 2.05) is 25.1 Å². The van der Waals surface area contributed by atoms with Gasteiger partial charge in [-0.3, -0.25) is 0 Å². The van der Waals surface area contributed by atoms with Crippen molar-refractivity contribution in [3.05, 3.63) is 59.4 Å². The molecule has 0 spiro atoms. The maximum absolute atomic E-state index is 13.1. The van der Waals surface area contributed by atoms with E-state index in [9.17, 15) is 9.50 Å². The Morgan fingerprint density at radius 3 is 2.62 bits per heavy atom. The van der Waals surface area contributed by atoms with Gasteiger partial charge in [0.25, 0.3) is 0 Å². The standard InChI is InChI=1S/C17H17FO2S/c1-17(11-3-5-12(18)6-4-11)10-21-15-9-13(20-2)7-8-14(15)16(17)19/h3-9,16,19H,10H2,1-2H3. The monoisotopic (exact) mass is 304 g/mol. The van der Waals surface area contributed by atoms with Gasteiger partial charge in [0.15, 0.2) is 0 Å². The molecule has 0 amide bonds. The van der Waals surface area contributed by atoms with E-state index in [0.717, 1.165) is 27.5 Å². The van der Waals surface area contributed by atoms with Crippen molar-refractivity contribution in [2.45, 2.75) is 23.3 Å². The minimum absolute atomic E-state index is 0.259. The third-order valence-electron chi connectivity index (χ3n) is 4.15. The summed E-state index contributed by atoms with van der Waals surface area (Å²) < 4.78 is 18.3. The molecule has 2 unspecified atom stereocenters. The third-order valence-corrected chi connectivity index (χ3v) is 5.56. The molecule has 2 atom stereocenters. The van der Waals surface area contributed by atoms with Gasteiger partial charge >= 0.3 is 0 Å². The molecule has 4 heteroatoms. The summed E-state index contributed by atoms with van der Waals surface area (Å²) in [5, 5.41) is 10.8. The SMILES string of the molecule is COc1ccc2c(c1)SCC(C)(c1ccc(F)cc1)C2O. The maximum Gasteiger partial charge on any atom is 0.123 e. The van der Waals surface area contributed by atoms with E-state index in [1.54, 1.807) is 31.0 Å². The van der Waals surface area contributed by atoms with E-state index in [0.29, 0.717) is 0 Å². The predicted octanol–water partition coefficient (Wildman–Crippen LogP) is 3.93. The lowest BCUT2D eigenvalue weighted by Gasteiger charge is -2.39. The van der Waals surface area contributed by atoms with E-state index in [-0.39, 0.29) is 5.82 Å². The van der Waals surface area contributed by atoms with Crippen LogP contribution in [0.1, 0.15) is 24.2 Å². The summed E-state index contributed by atoms with van der Waals surface area (Å²) in [4.78, 5) is 1.04. The summed E-state index contributed by atoms with van der Waals surface area (Å²) in [5.41, 5.74) is 1.42. The first kappa shape index (κ1) is 14.4. The van der Waals surface area contributed by atoms with Crippen LogP contribution in [-0.4, -0.2) is 18.0 Å². The summed E-state index contributed by atoms with van der Waals surface area (Å²) in [5.74, 6) is 1.27. The Hall–Kier alpha value is -1.52. The molecule has 3 rings (SSSR count). The van der Waals surface area contributed by atoms with Gasteiger partial charge in [0.1, 0.15) is 11.6 Å². The quantitative estimate of drug-likeness (QED) is 0.911. The molecule has 0 fully saturated rings. The van der Waals surface area contributed by atoms with Crippen LogP contribution in [0.25, 0.3) is 0 Å². The Morgan fingerprint density at radius 1 is 1.24 bits per heavy atom. The molecule has 0 aliphatic carbocycles. The summed E-state index contributed by atoms with van der Waals surface area (Å²) in [6.07, 6.45) is -0.620. The van der Waals surface area contributed by atoms with Crippen LogP contribution in [-0.2, 0) is 5.41 Å². The molecule has 2 aromatic rings. The zero-order valence-corrected chi connectivity index (χ0v) is 12.8. The molecule has 2 aromatic carbocycles. The lowest BCUT2D eigenvalue weighted by atomic mass is 9.76. The Kier molecular flexibility index (Phi) is 3.68. The first-order valence-corrected chi connectivity index (χ1v) is 7.78. The van der Waals surface area contributed by atoms with E-state index in [1.165, 1.54) is 12.1 Å². The molecule has 0 bridgehead atoms. The average Bonchev–Trinajstić information content (AvgIpc) is 2.51. The molecule has 0 radical (unpaired) electrons. The number of thioether (sulfide) groups is 1. The summed E-state index contributed by atoms with van der Waals surface area (Å²) >= 11 is 1.69. The molecule has 21 heavy (non-hydrogen) atoms. The zero-order valence-electron chi connectivity index (χ0n) is 12.0. The van der Waals surface area contributed by atoms with Gasteiger partial charge in [0, 0.05) is 16.1 Å². The van der Waals surface area contributed by atoms with Crippen molar-refractivity contribution >= 4 is 11.8 Å². The average molecular weight is 304 g/mol. The number of hydrogen-bond donors (Lipinski definition) is 1. The van der Waals surface area contributed by atoms with Crippen LogP contribution >= 0.6 is 11.8 Å². The predicted molar refractivity (Wildman–Crippen MR) is 82.4 cm³/mol. The van der Waals surface area contributed by atoms with Crippen LogP contribution < -0.4 is 4.74 Å². The number of rotatable bonds is 2. The Bertz CT molecular complexity index is 656. The van der Waals surface area contributed by atoms with Gasteiger partial charge in [-0.15, -0.1) is 11.8 Å². The van der Waals surface area contributed by atoms with E-state index in [4.69, 9.17) is 4.74 Å². The van der Waals surface area contributed by atoms with Gasteiger partial charge in [-0.05, 0) is 35.4 Å². The van der Waals surface area contributed by atoms with Crippen molar-refractivity contribution in [2.75, 3.05) is 12.9 Å². The maximum atomic E-state index is 13.1. The third kappa shape index (κ3) is 2.43. The molecule has 1 aliphatic rings. The number of fused-ring (bicyclic) bond motifs is 1. The minimum Gasteiger partial charge on any atom is -0.497 e. The lowest BCUT2D eigenvalue weighted by Crippen LogP contribution is -2.36. The molecule has 0 saturated carbocycles. The van der Waals surface area contributed by atoms with Crippen molar-refractivity contribution in [1.29, 1.82) is 0 Å². The fourth-order valence-corrected chi connectivity index (χ4v) is 4.04. The number of halogens is 1. The highest BCUT2D eigenvalue weighted by Gasteiger charge is 2.40. The number of benzene rings is 2. The van der Waals surface area contributed by atoms with Gasteiger partial charge in [-0.1, -0.05) is 25.1 Å². The van der Waals surface area contributed by atoms with Crippen molar-refractivity contribution in [2.24, 2.45) is 0 Å². The molecular weight excluding hydrogens is 287 g/mol. The summed E-state index contributed by atoms with van der Waals surface area (Å²) in [6.45, 7) is 2.02. The number of aliphatic hydroxyl groups is 1. The van der Waals surface area contributed by atoms with Gasteiger partial charge in [0.2, 0.25) is 0 Å². The van der Waals surface area contributed by atoms with Crippen LogP contribution in [0, 0.1) is 5.82 Å². The number of ether oxygens (including phenoxy) is 1. The van der Waals surface area contributed by atoms with Crippen LogP contribution in [0.15, 0.2) is 47.4 Å². The van der Waals surface area contributed by atoms with Crippen LogP contribution in [0.4, 0.5) is 4.39 Å². The first-order chi connectivity index (χ1) is 10.0. The topological polar surface area (TPSA) is 29.5 Å². The lowest BCUT2D eigenvalue weighted by molar-refractivity contribution is 0.0977. The van der Waals surface area contributed by atoms with E-state index in [2.05, 4.69) is 0 Å². The van der Waals surface area contributed by atoms with Crippen LogP contribution in [0.5, 0.6) is 5.75 Å². The molecule has 2 nitrogen and oxygen atoms in total. The second-order valence-corrected chi connectivity index (χ2v) is 6.54. The highest BCUT2D eigenvalue weighted by molar-refractivity contribution is 7.99. The second kappa shape index (κ2) is 5.35.